The van der Waals surface area contributed by atoms with Crippen LogP contribution in [0.25, 0.3) is 11.3 Å². The maximum atomic E-state index is 12.6. The van der Waals surface area contributed by atoms with Crippen molar-refractivity contribution in [3.05, 3.63) is 80.6 Å². The van der Waals surface area contributed by atoms with Gasteiger partial charge in [0.1, 0.15) is 17.0 Å². The Balaban J connectivity index is 1.75. The molecule has 0 aliphatic rings. The average molecular weight is 401 g/mol. The lowest BCUT2D eigenvalue weighted by atomic mass is 10.1. The van der Waals surface area contributed by atoms with Gasteiger partial charge in [-0.1, -0.05) is 35.0 Å². The Morgan fingerprint density at radius 2 is 1.71 bits per heavy atom. The van der Waals surface area contributed by atoms with Crippen LogP contribution < -0.4 is 10.9 Å². The summed E-state index contributed by atoms with van der Waals surface area (Å²) in [5, 5.41) is 14.9. The molecule has 0 atom stereocenters. The van der Waals surface area contributed by atoms with Gasteiger partial charge in [-0.15, -0.1) is 0 Å². The van der Waals surface area contributed by atoms with Gasteiger partial charge in [0.25, 0.3) is 17.5 Å². The van der Waals surface area contributed by atoms with Crippen molar-refractivity contribution in [1.29, 1.82) is 0 Å². The van der Waals surface area contributed by atoms with E-state index >= 15 is 0 Å². The van der Waals surface area contributed by atoms with E-state index < -0.39 is 16.7 Å². The SMILES string of the molecule is Cc1onc(-c2ccccc2Cl)c1C(=O)NNC(=O)c1ccc([N+](=O)[O-])cc1. The number of nitro benzene ring substituents is 1. The largest absolute Gasteiger partial charge is 0.360 e. The third-order valence-corrected chi connectivity index (χ3v) is 4.18. The fourth-order valence-corrected chi connectivity index (χ4v) is 2.68. The summed E-state index contributed by atoms with van der Waals surface area (Å²) in [5.41, 5.74) is 5.38. The molecule has 0 aliphatic carbocycles. The lowest BCUT2D eigenvalue weighted by Gasteiger charge is -2.08. The van der Waals surface area contributed by atoms with Crippen LogP contribution in [0.15, 0.2) is 53.1 Å². The maximum Gasteiger partial charge on any atom is 0.275 e. The minimum atomic E-state index is -0.649. The number of hydrazine groups is 1. The number of amides is 2. The van der Waals surface area contributed by atoms with E-state index in [1.807, 2.05) is 0 Å². The predicted octanol–water partition coefficient (Wildman–Crippen LogP) is 3.29. The van der Waals surface area contributed by atoms with Crippen molar-refractivity contribution in [2.45, 2.75) is 6.92 Å². The molecule has 0 saturated carbocycles. The summed E-state index contributed by atoms with van der Waals surface area (Å²) >= 11 is 6.16. The van der Waals surface area contributed by atoms with Crippen LogP contribution in [0.3, 0.4) is 0 Å². The summed E-state index contributed by atoms with van der Waals surface area (Å²) in [7, 11) is 0. The first-order chi connectivity index (χ1) is 13.4. The summed E-state index contributed by atoms with van der Waals surface area (Å²) < 4.78 is 5.11. The van der Waals surface area contributed by atoms with Gasteiger partial charge in [-0.25, -0.2) is 0 Å². The molecule has 0 radical (unpaired) electrons. The minimum absolute atomic E-state index is 0.122. The molecular weight excluding hydrogens is 388 g/mol. The van der Waals surface area contributed by atoms with Gasteiger partial charge in [0.15, 0.2) is 0 Å². The smallest absolute Gasteiger partial charge is 0.275 e. The molecule has 28 heavy (non-hydrogen) atoms. The number of carbonyl (C=O) groups is 2. The standard InChI is InChI=1S/C18H13ClN4O5/c1-10-15(16(22-28-10)13-4-2-3-5-14(13)19)18(25)21-20-17(24)11-6-8-12(9-7-11)23(26)27/h2-9H,1H3,(H,20,24)(H,21,25). The molecule has 2 aromatic carbocycles. The molecule has 3 rings (SSSR count). The number of nitro groups is 1. The Bertz CT molecular complexity index is 1060. The minimum Gasteiger partial charge on any atom is -0.360 e. The van der Waals surface area contributed by atoms with E-state index in [0.717, 1.165) is 0 Å². The molecule has 142 valence electrons. The number of benzene rings is 2. The van der Waals surface area contributed by atoms with Crippen LogP contribution in [0.5, 0.6) is 0 Å². The molecule has 0 spiro atoms. The van der Waals surface area contributed by atoms with Crippen molar-refractivity contribution in [3.63, 3.8) is 0 Å². The number of aryl methyl sites for hydroxylation is 1. The number of rotatable bonds is 4. The average Bonchev–Trinajstić information content (AvgIpc) is 3.07. The van der Waals surface area contributed by atoms with Gasteiger partial charge in [-0.2, -0.15) is 0 Å². The number of hydrogen-bond donors (Lipinski definition) is 2. The van der Waals surface area contributed by atoms with Gasteiger partial charge in [0.05, 0.1) is 9.95 Å². The van der Waals surface area contributed by atoms with Crippen LogP contribution in [-0.4, -0.2) is 21.9 Å². The number of nitrogens with one attached hydrogen (secondary N) is 2. The Labute approximate surface area is 163 Å². The predicted molar refractivity (Wildman–Crippen MR) is 99.7 cm³/mol. The van der Waals surface area contributed by atoms with Crippen molar-refractivity contribution in [2.24, 2.45) is 0 Å². The fraction of sp³-hybridized carbons (Fsp3) is 0.0556. The van der Waals surface area contributed by atoms with E-state index in [2.05, 4.69) is 16.0 Å². The van der Waals surface area contributed by atoms with Gasteiger partial charge >= 0.3 is 0 Å². The van der Waals surface area contributed by atoms with Crippen molar-refractivity contribution in [2.75, 3.05) is 0 Å². The normalized spacial score (nSPS) is 10.4. The van der Waals surface area contributed by atoms with E-state index in [1.54, 1.807) is 31.2 Å². The van der Waals surface area contributed by atoms with Crippen LogP contribution in [-0.2, 0) is 0 Å². The lowest BCUT2D eigenvalue weighted by Crippen LogP contribution is -2.41. The molecule has 0 aliphatic heterocycles. The van der Waals surface area contributed by atoms with Gasteiger partial charge in [0.2, 0.25) is 0 Å². The van der Waals surface area contributed by atoms with E-state index in [1.165, 1.54) is 24.3 Å². The zero-order valence-corrected chi connectivity index (χ0v) is 15.2. The summed E-state index contributed by atoms with van der Waals surface area (Å²) in [6.07, 6.45) is 0. The highest BCUT2D eigenvalue weighted by Crippen LogP contribution is 2.30. The van der Waals surface area contributed by atoms with Crippen LogP contribution in [0, 0.1) is 17.0 Å². The summed E-state index contributed by atoms with van der Waals surface area (Å²) in [5.74, 6) is -1.04. The van der Waals surface area contributed by atoms with Crippen molar-refractivity contribution < 1.29 is 19.0 Å². The second kappa shape index (κ2) is 7.89. The lowest BCUT2D eigenvalue weighted by molar-refractivity contribution is -0.384. The second-order valence-corrected chi connectivity index (χ2v) is 6.06. The highest BCUT2D eigenvalue weighted by Gasteiger charge is 2.23. The van der Waals surface area contributed by atoms with E-state index in [9.17, 15) is 19.7 Å². The molecule has 2 amide bonds. The molecule has 1 aromatic heterocycles. The maximum absolute atomic E-state index is 12.6. The van der Waals surface area contributed by atoms with Crippen LogP contribution in [0.2, 0.25) is 5.02 Å². The highest BCUT2D eigenvalue weighted by atomic mass is 35.5. The number of nitrogens with zero attached hydrogens (tertiary/aromatic N) is 2. The molecule has 0 saturated heterocycles. The number of halogens is 1. The third kappa shape index (κ3) is 3.84. The molecule has 0 bridgehead atoms. The molecule has 1 heterocycles. The number of non-ortho nitro benzene ring substituents is 1. The Morgan fingerprint density at radius 1 is 1.07 bits per heavy atom. The van der Waals surface area contributed by atoms with Gasteiger partial charge in [-0.3, -0.25) is 30.6 Å². The molecule has 3 aromatic rings. The van der Waals surface area contributed by atoms with Crippen molar-refractivity contribution in [1.82, 2.24) is 16.0 Å². The number of aromatic nitrogens is 1. The summed E-state index contributed by atoms with van der Waals surface area (Å²) in [4.78, 5) is 34.8. The molecule has 0 unspecified atom stereocenters. The zero-order valence-electron chi connectivity index (χ0n) is 14.4. The highest BCUT2D eigenvalue weighted by molar-refractivity contribution is 6.33. The first-order valence-electron chi connectivity index (χ1n) is 7.95. The van der Waals surface area contributed by atoms with Crippen LogP contribution >= 0.6 is 11.6 Å². The van der Waals surface area contributed by atoms with Crippen LogP contribution in [0.1, 0.15) is 26.5 Å². The first kappa shape index (κ1) is 19.1. The van der Waals surface area contributed by atoms with Gasteiger partial charge in [0, 0.05) is 23.3 Å². The zero-order chi connectivity index (χ0) is 20.3. The van der Waals surface area contributed by atoms with Crippen molar-refractivity contribution in [3.8, 4) is 11.3 Å². The Morgan fingerprint density at radius 3 is 2.36 bits per heavy atom. The number of carbonyl (C=O) groups excluding carboxylic acids is 2. The van der Waals surface area contributed by atoms with Crippen LogP contribution in [0.4, 0.5) is 5.69 Å². The summed E-state index contributed by atoms with van der Waals surface area (Å²) in [6.45, 7) is 1.56. The van der Waals surface area contributed by atoms with E-state index in [4.69, 9.17) is 16.1 Å². The second-order valence-electron chi connectivity index (χ2n) is 5.65. The molecule has 0 fully saturated rings. The van der Waals surface area contributed by atoms with Crippen molar-refractivity contribution >= 4 is 29.1 Å². The topological polar surface area (TPSA) is 127 Å². The molecule has 10 heteroatoms. The molecule has 2 N–H and O–H groups in total. The molecular formula is C18H13ClN4O5. The van der Waals surface area contributed by atoms with Gasteiger partial charge < -0.3 is 4.52 Å². The Hall–Kier alpha value is -3.72. The third-order valence-electron chi connectivity index (χ3n) is 3.85. The van der Waals surface area contributed by atoms with E-state index in [-0.39, 0.29) is 28.3 Å². The fourth-order valence-electron chi connectivity index (χ4n) is 2.46. The first-order valence-corrected chi connectivity index (χ1v) is 8.32. The Kier molecular flexibility index (Phi) is 5.37. The number of hydrogen-bond acceptors (Lipinski definition) is 6. The quantitative estimate of drug-likeness (QED) is 0.511. The summed E-state index contributed by atoms with van der Waals surface area (Å²) in [6, 6.07) is 11.8. The monoisotopic (exact) mass is 400 g/mol. The molecule has 9 nitrogen and oxygen atoms in total. The van der Waals surface area contributed by atoms with E-state index in [0.29, 0.717) is 10.6 Å². The van der Waals surface area contributed by atoms with Gasteiger partial charge in [-0.05, 0) is 25.1 Å².